The van der Waals surface area contributed by atoms with E-state index < -0.39 is 23.8 Å². The molecule has 0 unspecified atom stereocenters. The van der Waals surface area contributed by atoms with E-state index in [9.17, 15) is 27.9 Å². The van der Waals surface area contributed by atoms with Crippen LogP contribution < -0.4 is 0 Å². The van der Waals surface area contributed by atoms with Gasteiger partial charge in [-0.3, -0.25) is 0 Å². The summed E-state index contributed by atoms with van der Waals surface area (Å²) >= 11 is 0. The zero-order valence-electron chi connectivity index (χ0n) is 21.7. The number of hydrogen-bond acceptors (Lipinski definition) is 3. The maximum absolute atomic E-state index is 13.0. The predicted octanol–water partition coefficient (Wildman–Crippen LogP) is 8.14. The first kappa shape index (κ1) is 27.0. The van der Waals surface area contributed by atoms with Gasteiger partial charge >= 0.3 is 18.2 Å². The summed E-state index contributed by atoms with van der Waals surface area (Å²) in [5.74, 6) is -0.461. The molecule has 5 rings (SSSR count). The molecule has 1 amide bonds. The molecule has 0 aliphatic carbocycles. The first-order valence-corrected chi connectivity index (χ1v) is 12.8. The summed E-state index contributed by atoms with van der Waals surface area (Å²) in [7, 11) is 0. The maximum Gasteiger partial charge on any atom is 0.416 e. The van der Waals surface area contributed by atoms with Crippen LogP contribution in [0.1, 0.15) is 34.8 Å². The van der Waals surface area contributed by atoms with Crippen molar-refractivity contribution in [2.24, 2.45) is 0 Å². The molecule has 8 heteroatoms. The molecule has 40 heavy (non-hydrogen) atoms. The number of carbonyl (C=O) groups excluding carboxylic acids is 1. The van der Waals surface area contributed by atoms with Crippen molar-refractivity contribution in [2.45, 2.75) is 19.5 Å². The zero-order chi connectivity index (χ0) is 28.4. The molecule has 0 saturated heterocycles. The molecule has 0 fully saturated rings. The maximum atomic E-state index is 13.0. The van der Waals surface area contributed by atoms with E-state index in [2.05, 4.69) is 0 Å². The van der Waals surface area contributed by atoms with Crippen LogP contribution in [0.4, 0.5) is 18.0 Å². The van der Waals surface area contributed by atoms with Gasteiger partial charge in [-0.15, -0.1) is 0 Å². The van der Waals surface area contributed by atoms with E-state index in [0.717, 1.165) is 50.7 Å². The lowest BCUT2D eigenvalue weighted by Gasteiger charge is -2.24. The Balaban J connectivity index is 1.53. The highest BCUT2D eigenvalue weighted by atomic mass is 19.4. The largest absolute Gasteiger partial charge is 0.465 e. The monoisotopic (exact) mass is 545 g/mol. The number of carbonyl (C=O) groups is 2. The average Bonchev–Trinajstić information content (AvgIpc) is 2.96. The van der Waals surface area contributed by atoms with E-state index in [-0.39, 0.29) is 6.61 Å². The molecule has 0 bridgehead atoms. The molecule has 0 saturated carbocycles. The van der Waals surface area contributed by atoms with Gasteiger partial charge < -0.3 is 14.7 Å². The molecule has 5 nitrogen and oxygen atoms in total. The van der Waals surface area contributed by atoms with Crippen molar-refractivity contribution < 1.29 is 32.6 Å². The number of hydrogen-bond donors (Lipinski definition) is 1. The zero-order valence-corrected chi connectivity index (χ0v) is 21.7. The second kappa shape index (κ2) is 10.9. The Morgan fingerprint density at radius 1 is 0.875 bits per heavy atom. The summed E-state index contributed by atoms with van der Waals surface area (Å²) in [6.45, 7) is 2.74. The fourth-order valence-corrected chi connectivity index (χ4v) is 4.94. The molecule has 0 spiro atoms. The van der Waals surface area contributed by atoms with E-state index in [1.54, 1.807) is 19.1 Å². The van der Waals surface area contributed by atoms with Crippen molar-refractivity contribution in [3.63, 3.8) is 0 Å². The Morgan fingerprint density at radius 3 is 2.12 bits per heavy atom. The summed E-state index contributed by atoms with van der Waals surface area (Å²) < 4.78 is 44.3. The fraction of sp³-hybridized carbons (Fsp3) is 0.188. The third kappa shape index (κ3) is 5.57. The first-order valence-electron chi connectivity index (χ1n) is 12.8. The number of amides is 1. The van der Waals surface area contributed by atoms with Crippen molar-refractivity contribution in [1.29, 1.82) is 0 Å². The SMILES string of the molecule is CCOC(=O)c1cc(-c2ccc(C3=CCN(C(=O)O)CC3)cc2)c2ccc(-c3ccc(C(F)(F)F)cc3)cc2c1. The lowest BCUT2D eigenvalue weighted by molar-refractivity contribution is -0.137. The van der Waals surface area contributed by atoms with Crippen LogP contribution in [-0.4, -0.2) is 41.8 Å². The van der Waals surface area contributed by atoms with Crippen molar-refractivity contribution in [2.75, 3.05) is 19.7 Å². The third-order valence-corrected chi connectivity index (χ3v) is 7.06. The molecule has 4 aromatic rings. The summed E-state index contributed by atoms with van der Waals surface area (Å²) in [6, 6.07) is 22.0. The van der Waals surface area contributed by atoms with Crippen LogP contribution in [0.2, 0.25) is 0 Å². The van der Waals surface area contributed by atoms with Crippen molar-refractivity contribution >= 4 is 28.4 Å². The van der Waals surface area contributed by atoms with Gasteiger partial charge in [-0.2, -0.15) is 13.2 Å². The highest BCUT2D eigenvalue weighted by Crippen LogP contribution is 2.36. The van der Waals surface area contributed by atoms with Crippen molar-refractivity contribution in [3.05, 3.63) is 102 Å². The first-order chi connectivity index (χ1) is 19.1. The lowest BCUT2D eigenvalue weighted by Crippen LogP contribution is -2.33. The Bertz CT molecular complexity index is 1610. The Labute approximate surface area is 229 Å². The second-order valence-electron chi connectivity index (χ2n) is 9.54. The van der Waals surface area contributed by atoms with Crippen LogP contribution in [0.5, 0.6) is 0 Å². The van der Waals surface area contributed by atoms with Crippen molar-refractivity contribution in [3.8, 4) is 22.3 Å². The molecule has 0 aromatic heterocycles. The lowest BCUT2D eigenvalue weighted by atomic mass is 9.91. The van der Waals surface area contributed by atoms with Gasteiger partial charge in [-0.05, 0) is 87.8 Å². The van der Waals surface area contributed by atoms with Crippen LogP contribution in [-0.2, 0) is 10.9 Å². The van der Waals surface area contributed by atoms with E-state index in [1.807, 2.05) is 48.5 Å². The molecular weight excluding hydrogens is 519 g/mol. The van der Waals surface area contributed by atoms with Crippen LogP contribution in [0, 0.1) is 0 Å². The fourth-order valence-electron chi connectivity index (χ4n) is 4.94. The molecule has 4 aromatic carbocycles. The summed E-state index contributed by atoms with van der Waals surface area (Å²) in [5, 5.41) is 10.8. The smallest absolute Gasteiger partial charge is 0.416 e. The predicted molar refractivity (Wildman–Crippen MR) is 148 cm³/mol. The van der Waals surface area contributed by atoms with Gasteiger partial charge in [-0.1, -0.05) is 54.6 Å². The van der Waals surface area contributed by atoms with Gasteiger partial charge in [0.05, 0.1) is 17.7 Å². The van der Waals surface area contributed by atoms with Gasteiger partial charge in [0.25, 0.3) is 0 Å². The Kier molecular flexibility index (Phi) is 7.34. The number of alkyl halides is 3. The van der Waals surface area contributed by atoms with E-state index >= 15 is 0 Å². The molecule has 1 heterocycles. The second-order valence-corrected chi connectivity index (χ2v) is 9.54. The third-order valence-electron chi connectivity index (χ3n) is 7.06. The minimum absolute atomic E-state index is 0.223. The van der Waals surface area contributed by atoms with Gasteiger partial charge in [-0.25, -0.2) is 9.59 Å². The molecule has 0 atom stereocenters. The van der Waals surface area contributed by atoms with Crippen molar-refractivity contribution in [1.82, 2.24) is 4.90 Å². The van der Waals surface area contributed by atoms with Gasteiger partial charge in [0.15, 0.2) is 0 Å². The van der Waals surface area contributed by atoms with Crippen LogP contribution in [0.3, 0.4) is 0 Å². The number of esters is 1. The molecular formula is C32H26F3NO4. The number of rotatable bonds is 5. The quantitative estimate of drug-likeness (QED) is 0.257. The topological polar surface area (TPSA) is 66.8 Å². The minimum Gasteiger partial charge on any atom is -0.465 e. The minimum atomic E-state index is -4.41. The van der Waals surface area contributed by atoms with E-state index in [0.29, 0.717) is 30.6 Å². The summed E-state index contributed by atoms with van der Waals surface area (Å²) in [6.07, 6.45) is -2.79. The molecule has 1 aliphatic heterocycles. The molecule has 0 radical (unpaired) electrons. The Morgan fingerprint density at radius 2 is 1.52 bits per heavy atom. The summed E-state index contributed by atoms with van der Waals surface area (Å²) in [5.41, 5.74) is 4.80. The average molecular weight is 546 g/mol. The normalized spacial score (nSPS) is 13.7. The van der Waals surface area contributed by atoms with E-state index in [4.69, 9.17) is 4.74 Å². The number of ether oxygens (including phenoxy) is 1. The Hall–Kier alpha value is -4.59. The summed E-state index contributed by atoms with van der Waals surface area (Å²) in [4.78, 5) is 25.3. The number of carboxylic acid groups (broad SMARTS) is 1. The molecule has 204 valence electrons. The number of nitrogens with zero attached hydrogens (tertiary/aromatic N) is 1. The van der Waals surface area contributed by atoms with Gasteiger partial charge in [0.1, 0.15) is 0 Å². The van der Waals surface area contributed by atoms with Crippen LogP contribution in [0.25, 0.3) is 38.6 Å². The van der Waals surface area contributed by atoms with Gasteiger partial charge in [0.2, 0.25) is 0 Å². The number of benzene rings is 4. The van der Waals surface area contributed by atoms with E-state index in [1.165, 1.54) is 17.0 Å². The number of fused-ring (bicyclic) bond motifs is 1. The van der Waals surface area contributed by atoms with Crippen LogP contribution >= 0.6 is 0 Å². The highest BCUT2D eigenvalue weighted by Gasteiger charge is 2.30. The van der Waals surface area contributed by atoms with Gasteiger partial charge in [0, 0.05) is 13.1 Å². The molecule has 1 N–H and O–H groups in total. The molecule has 1 aliphatic rings. The van der Waals surface area contributed by atoms with Crippen LogP contribution in [0.15, 0.2) is 84.9 Å². The highest BCUT2D eigenvalue weighted by molar-refractivity contribution is 6.04. The number of halogens is 3. The standard InChI is InChI=1S/C32H26F3NO4/c1-2-40-30(37)26-18-25-17-24(21-7-10-27(11-8-21)32(33,34)35)9-12-28(25)29(19-26)23-5-3-20(4-6-23)22-13-15-36(16-14-22)31(38)39/h3-13,17-19H,2,14-16H2,1H3,(H,38,39).